The molecule has 2 aromatic rings. The van der Waals surface area contributed by atoms with Crippen molar-refractivity contribution in [3.63, 3.8) is 0 Å². The van der Waals surface area contributed by atoms with Gasteiger partial charge in [0.25, 0.3) is 5.92 Å². The first-order valence-electron chi connectivity index (χ1n) is 9.22. The van der Waals surface area contributed by atoms with Crippen LogP contribution in [0.15, 0.2) is 30.3 Å². The van der Waals surface area contributed by atoms with E-state index in [0.29, 0.717) is 38.2 Å². The van der Waals surface area contributed by atoms with E-state index in [1.54, 1.807) is 6.07 Å². The average molecular weight is 410 g/mol. The van der Waals surface area contributed by atoms with Gasteiger partial charge in [0.05, 0.1) is 11.3 Å². The third kappa shape index (κ3) is 5.70. The topological polar surface area (TPSA) is 52.8 Å². The van der Waals surface area contributed by atoms with E-state index in [1.807, 2.05) is 11.0 Å². The lowest BCUT2D eigenvalue weighted by atomic mass is 10.0. The number of nitriles is 1. The van der Waals surface area contributed by atoms with Gasteiger partial charge in [0.15, 0.2) is 0 Å². The zero-order valence-electron chi connectivity index (χ0n) is 15.5. The van der Waals surface area contributed by atoms with Crippen LogP contribution in [0.3, 0.4) is 0 Å². The number of hydrogen-bond donors (Lipinski definition) is 0. The molecule has 1 aliphatic heterocycles. The number of rotatable bonds is 5. The Morgan fingerprint density at radius 2 is 1.83 bits per heavy atom. The Morgan fingerprint density at radius 3 is 2.48 bits per heavy atom. The predicted molar refractivity (Wildman–Crippen MR) is 96.1 cm³/mol. The smallest absolute Gasteiger partial charge is 0.303 e. The van der Waals surface area contributed by atoms with E-state index < -0.39 is 17.7 Å². The molecule has 3 rings (SSSR count). The minimum atomic E-state index is -4.48. The summed E-state index contributed by atoms with van der Waals surface area (Å²) >= 11 is 0. The molecule has 0 bridgehead atoms. The van der Waals surface area contributed by atoms with Gasteiger partial charge in [-0.1, -0.05) is 12.1 Å². The van der Waals surface area contributed by atoms with E-state index in [4.69, 9.17) is 5.26 Å². The van der Waals surface area contributed by atoms with Crippen molar-refractivity contribution in [2.24, 2.45) is 0 Å². The van der Waals surface area contributed by atoms with Gasteiger partial charge in [-0.2, -0.15) is 18.4 Å². The van der Waals surface area contributed by atoms with E-state index in [1.165, 1.54) is 12.1 Å². The molecule has 2 heterocycles. The van der Waals surface area contributed by atoms with Crippen LogP contribution in [0.2, 0.25) is 0 Å². The second kappa shape index (κ2) is 8.41. The zero-order chi connectivity index (χ0) is 21.1. The molecule has 1 aromatic carbocycles. The molecule has 0 spiro atoms. The van der Waals surface area contributed by atoms with Crippen molar-refractivity contribution in [2.75, 3.05) is 19.6 Å². The summed E-state index contributed by atoms with van der Waals surface area (Å²) in [5, 5.41) is 9.16. The molecule has 0 amide bonds. The Balaban J connectivity index is 1.71. The normalized spacial score (nSPS) is 17.1. The van der Waals surface area contributed by atoms with Crippen molar-refractivity contribution in [2.45, 2.75) is 37.8 Å². The molecular formula is C20H19F5N4. The number of hydrogen-bond acceptors (Lipinski definition) is 4. The van der Waals surface area contributed by atoms with Crippen LogP contribution in [0.1, 0.15) is 36.3 Å². The molecule has 0 aliphatic carbocycles. The SMILES string of the molecule is N#Cc1nc(CCCN2CCC(F)(F)CC2)cc(-c2cccc(C(F)(F)F)c2)n1. The zero-order valence-corrected chi connectivity index (χ0v) is 15.5. The Labute approximate surface area is 165 Å². The summed E-state index contributed by atoms with van der Waals surface area (Å²) in [5.41, 5.74) is 0.232. The van der Waals surface area contributed by atoms with Crippen molar-refractivity contribution >= 4 is 0 Å². The number of benzene rings is 1. The van der Waals surface area contributed by atoms with Crippen molar-refractivity contribution in [1.29, 1.82) is 5.26 Å². The van der Waals surface area contributed by atoms with Gasteiger partial charge < -0.3 is 4.90 Å². The standard InChI is InChI=1S/C20H19F5N4/c21-19(22)6-9-29(10-7-19)8-2-5-16-12-17(28-18(13-26)27-16)14-3-1-4-15(11-14)20(23,24)25/h1,3-4,11-12H,2,5-10H2. The molecule has 154 valence electrons. The molecule has 9 heteroatoms. The fourth-order valence-corrected chi connectivity index (χ4v) is 3.27. The molecule has 29 heavy (non-hydrogen) atoms. The highest BCUT2D eigenvalue weighted by molar-refractivity contribution is 5.61. The lowest BCUT2D eigenvalue weighted by molar-refractivity contribution is -0.137. The molecule has 1 saturated heterocycles. The van der Waals surface area contributed by atoms with Crippen molar-refractivity contribution in [3.8, 4) is 17.3 Å². The van der Waals surface area contributed by atoms with Crippen LogP contribution in [0.25, 0.3) is 11.3 Å². The second-order valence-electron chi connectivity index (χ2n) is 7.06. The molecule has 1 aliphatic rings. The molecule has 1 fully saturated rings. The molecule has 0 N–H and O–H groups in total. The maximum atomic E-state index is 13.2. The molecule has 0 atom stereocenters. The van der Waals surface area contributed by atoms with Gasteiger partial charge in [-0.15, -0.1) is 0 Å². The monoisotopic (exact) mass is 410 g/mol. The number of nitrogens with zero attached hydrogens (tertiary/aromatic N) is 4. The Hall–Kier alpha value is -2.60. The maximum Gasteiger partial charge on any atom is 0.416 e. The van der Waals surface area contributed by atoms with E-state index in [9.17, 15) is 22.0 Å². The number of alkyl halides is 5. The first-order chi connectivity index (χ1) is 13.7. The van der Waals surface area contributed by atoms with Crippen molar-refractivity contribution in [1.82, 2.24) is 14.9 Å². The lowest BCUT2D eigenvalue weighted by Crippen LogP contribution is -2.39. The molecule has 0 unspecified atom stereocenters. The molecule has 0 saturated carbocycles. The summed E-state index contributed by atoms with van der Waals surface area (Å²) in [7, 11) is 0. The van der Waals surface area contributed by atoms with E-state index in [0.717, 1.165) is 12.1 Å². The van der Waals surface area contributed by atoms with Gasteiger partial charge in [0.1, 0.15) is 6.07 Å². The second-order valence-corrected chi connectivity index (χ2v) is 7.06. The summed E-state index contributed by atoms with van der Waals surface area (Å²) in [6.07, 6.45) is -3.68. The Bertz CT molecular complexity index is 894. The summed E-state index contributed by atoms with van der Waals surface area (Å²) in [4.78, 5) is 10.1. The van der Waals surface area contributed by atoms with Crippen molar-refractivity contribution in [3.05, 3.63) is 47.4 Å². The van der Waals surface area contributed by atoms with Gasteiger partial charge in [0, 0.05) is 37.2 Å². The highest BCUT2D eigenvalue weighted by Crippen LogP contribution is 2.32. The van der Waals surface area contributed by atoms with Crippen molar-refractivity contribution < 1.29 is 22.0 Å². The Morgan fingerprint density at radius 1 is 1.10 bits per heavy atom. The van der Waals surface area contributed by atoms with Gasteiger partial charge in [0.2, 0.25) is 5.82 Å². The highest BCUT2D eigenvalue weighted by Gasteiger charge is 2.33. The summed E-state index contributed by atoms with van der Waals surface area (Å²) in [6, 6.07) is 8.15. The summed E-state index contributed by atoms with van der Waals surface area (Å²) < 4.78 is 65.3. The lowest BCUT2D eigenvalue weighted by Gasteiger charge is -2.31. The van der Waals surface area contributed by atoms with Crippen LogP contribution >= 0.6 is 0 Å². The first-order valence-corrected chi connectivity index (χ1v) is 9.22. The summed E-state index contributed by atoms with van der Waals surface area (Å²) in [6.45, 7) is 1.27. The fraction of sp³-hybridized carbons (Fsp3) is 0.450. The number of piperidine rings is 1. The predicted octanol–water partition coefficient (Wildman–Crippen LogP) is 4.70. The van der Waals surface area contributed by atoms with Crippen LogP contribution in [-0.2, 0) is 12.6 Å². The third-order valence-electron chi connectivity index (χ3n) is 4.86. The number of aromatic nitrogens is 2. The minimum absolute atomic E-state index is 0.118. The molecular weight excluding hydrogens is 391 g/mol. The van der Waals surface area contributed by atoms with E-state index in [2.05, 4.69) is 9.97 Å². The van der Waals surface area contributed by atoms with Crippen LogP contribution in [0.5, 0.6) is 0 Å². The van der Waals surface area contributed by atoms with Crippen LogP contribution in [-0.4, -0.2) is 40.4 Å². The fourth-order valence-electron chi connectivity index (χ4n) is 3.27. The van der Waals surface area contributed by atoms with Crippen LogP contribution in [0, 0.1) is 11.3 Å². The quantitative estimate of drug-likeness (QED) is 0.671. The maximum absolute atomic E-state index is 13.2. The first kappa shape index (κ1) is 21.1. The largest absolute Gasteiger partial charge is 0.416 e. The van der Waals surface area contributed by atoms with Gasteiger partial charge in [-0.25, -0.2) is 18.7 Å². The van der Waals surface area contributed by atoms with Gasteiger partial charge in [-0.3, -0.25) is 0 Å². The molecule has 4 nitrogen and oxygen atoms in total. The average Bonchev–Trinajstić information content (AvgIpc) is 2.68. The van der Waals surface area contributed by atoms with E-state index >= 15 is 0 Å². The molecule has 0 radical (unpaired) electrons. The van der Waals surface area contributed by atoms with Gasteiger partial charge >= 0.3 is 6.18 Å². The summed E-state index contributed by atoms with van der Waals surface area (Å²) in [5.74, 6) is -2.71. The van der Waals surface area contributed by atoms with Crippen LogP contribution in [0.4, 0.5) is 22.0 Å². The number of halogens is 5. The van der Waals surface area contributed by atoms with Gasteiger partial charge in [-0.05, 0) is 37.6 Å². The van der Waals surface area contributed by atoms with Crippen LogP contribution < -0.4 is 0 Å². The Kier molecular flexibility index (Phi) is 6.13. The number of likely N-dealkylation sites (tertiary alicyclic amines) is 1. The molecule has 1 aromatic heterocycles. The highest BCUT2D eigenvalue weighted by atomic mass is 19.4. The minimum Gasteiger partial charge on any atom is -0.303 e. The third-order valence-corrected chi connectivity index (χ3v) is 4.86. The number of aryl methyl sites for hydroxylation is 1. The van der Waals surface area contributed by atoms with E-state index in [-0.39, 0.29) is 29.9 Å².